The molecule has 0 spiro atoms. The lowest BCUT2D eigenvalue weighted by atomic mass is 10.1. The van der Waals surface area contributed by atoms with Crippen LogP contribution in [0.1, 0.15) is 0 Å². The number of nitrogens with one attached hydrogen (secondary N) is 2. The average molecular weight is 355 g/mol. The first-order valence-electron chi connectivity index (χ1n) is 7.33. The Hall–Kier alpha value is -3.13. The van der Waals surface area contributed by atoms with Gasteiger partial charge in [0.2, 0.25) is 0 Å². The first-order valence-corrected chi connectivity index (χ1v) is 8.21. The Morgan fingerprint density at radius 1 is 1.08 bits per heavy atom. The van der Waals surface area contributed by atoms with Gasteiger partial charge in [0.05, 0.1) is 5.69 Å². The molecule has 0 saturated heterocycles. The van der Waals surface area contributed by atoms with Gasteiger partial charge in [-0.1, -0.05) is 12.1 Å². The van der Waals surface area contributed by atoms with Crippen molar-refractivity contribution in [2.45, 2.75) is 0 Å². The number of benzene rings is 2. The van der Waals surface area contributed by atoms with Crippen LogP contribution in [-0.4, -0.2) is 20.2 Å². The summed E-state index contributed by atoms with van der Waals surface area (Å²) in [6.45, 7) is 0. The van der Waals surface area contributed by atoms with Gasteiger partial charge in [0.15, 0.2) is 11.0 Å². The molecule has 0 radical (unpaired) electrons. The van der Waals surface area contributed by atoms with Gasteiger partial charge in [-0.25, -0.2) is 18.7 Å². The number of aromatic nitrogens is 4. The predicted molar refractivity (Wildman–Crippen MR) is 92.6 cm³/mol. The summed E-state index contributed by atoms with van der Waals surface area (Å²) in [6, 6.07) is 11.0. The molecule has 124 valence electrons. The van der Waals surface area contributed by atoms with E-state index >= 15 is 0 Å². The second-order valence-electron chi connectivity index (χ2n) is 5.20. The minimum atomic E-state index is -0.635. The number of thiazole rings is 1. The summed E-state index contributed by atoms with van der Waals surface area (Å²) in [7, 11) is 0. The first-order chi connectivity index (χ1) is 12.2. The van der Waals surface area contributed by atoms with Gasteiger partial charge in [0.1, 0.15) is 18.0 Å². The molecule has 0 saturated carbocycles. The lowest BCUT2D eigenvalue weighted by Gasteiger charge is -2.04. The van der Waals surface area contributed by atoms with Crippen molar-refractivity contribution in [2.24, 2.45) is 0 Å². The smallest absolute Gasteiger partial charge is 0.187 e. The molecule has 25 heavy (non-hydrogen) atoms. The zero-order chi connectivity index (χ0) is 17.2. The molecular formula is C17H11F2N5S. The lowest BCUT2D eigenvalue weighted by molar-refractivity contribution is 0.585. The maximum Gasteiger partial charge on any atom is 0.187 e. The molecule has 0 atom stereocenters. The number of hydrogen-bond donors (Lipinski definition) is 2. The molecule has 2 aromatic heterocycles. The van der Waals surface area contributed by atoms with Crippen LogP contribution in [0.25, 0.3) is 22.6 Å². The Morgan fingerprint density at radius 2 is 2.00 bits per heavy atom. The third kappa shape index (κ3) is 3.24. The maximum atomic E-state index is 13.9. The van der Waals surface area contributed by atoms with Gasteiger partial charge < -0.3 is 5.32 Å². The van der Waals surface area contributed by atoms with Gasteiger partial charge >= 0.3 is 0 Å². The first kappa shape index (κ1) is 15.4. The highest BCUT2D eigenvalue weighted by molar-refractivity contribution is 7.14. The van der Waals surface area contributed by atoms with Crippen LogP contribution in [0.15, 0.2) is 54.2 Å². The Labute approximate surface area is 145 Å². The lowest BCUT2D eigenvalue weighted by Crippen LogP contribution is -1.91. The molecule has 0 amide bonds. The molecule has 0 unspecified atom stereocenters. The quantitative estimate of drug-likeness (QED) is 0.561. The number of H-pyrrole nitrogens is 1. The fourth-order valence-electron chi connectivity index (χ4n) is 2.36. The Balaban J connectivity index is 1.58. The number of nitrogens with zero attached hydrogens (tertiary/aromatic N) is 3. The van der Waals surface area contributed by atoms with Gasteiger partial charge in [-0.05, 0) is 24.3 Å². The largest absolute Gasteiger partial charge is 0.332 e. The van der Waals surface area contributed by atoms with E-state index in [4.69, 9.17) is 0 Å². The number of hydrogen-bond acceptors (Lipinski definition) is 5. The van der Waals surface area contributed by atoms with E-state index in [-0.39, 0.29) is 5.56 Å². The Kier molecular flexibility index (Phi) is 3.95. The van der Waals surface area contributed by atoms with Crippen molar-refractivity contribution in [3.8, 4) is 22.6 Å². The van der Waals surface area contributed by atoms with Crippen LogP contribution < -0.4 is 5.32 Å². The Morgan fingerprint density at radius 3 is 2.80 bits per heavy atom. The third-order valence-corrected chi connectivity index (χ3v) is 4.27. The highest BCUT2D eigenvalue weighted by Crippen LogP contribution is 2.30. The second kappa shape index (κ2) is 6.40. The van der Waals surface area contributed by atoms with Crippen molar-refractivity contribution in [2.75, 3.05) is 5.32 Å². The van der Waals surface area contributed by atoms with E-state index in [1.54, 1.807) is 5.38 Å². The molecule has 5 nitrogen and oxygen atoms in total. The molecule has 0 aliphatic carbocycles. The second-order valence-corrected chi connectivity index (χ2v) is 6.06. The molecule has 8 heteroatoms. The normalized spacial score (nSPS) is 10.8. The van der Waals surface area contributed by atoms with Crippen LogP contribution in [-0.2, 0) is 0 Å². The van der Waals surface area contributed by atoms with Crippen LogP contribution in [0.5, 0.6) is 0 Å². The topological polar surface area (TPSA) is 66.5 Å². The van der Waals surface area contributed by atoms with Crippen molar-refractivity contribution < 1.29 is 8.78 Å². The van der Waals surface area contributed by atoms with E-state index < -0.39 is 11.6 Å². The van der Waals surface area contributed by atoms with Crippen molar-refractivity contribution >= 4 is 22.2 Å². The molecule has 0 fully saturated rings. The Bertz CT molecular complexity index is 1010. The maximum absolute atomic E-state index is 13.9. The van der Waals surface area contributed by atoms with Crippen molar-refractivity contribution in [3.05, 3.63) is 65.8 Å². The summed E-state index contributed by atoms with van der Waals surface area (Å²) in [4.78, 5) is 8.48. The summed E-state index contributed by atoms with van der Waals surface area (Å²) >= 11 is 1.34. The monoisotopic (exact) mass is 355 g/mol. The van der Waals surface area contributed by atoms with Crippen LogP contribution >= 0.6 is 11.3 Å². The minimum Gasteiger partial charge on any atom is -0.332 e. The SMILES string of the molecule is Fc1ccc(-c2csc(Nc3cccc(-c4ncn[nH]4)c3)n2)c(F)c1. The van der Waals surface area contributed by atoms with Gasteiger partial charge in [0.25, 0.3) is 0 Å². The summed E-state index contributed by atoms with van der Waals surface area (Å²) in [5.41, 5.74) is 2.41. The van der Waals surface area contributed by atoms with Crippen LogP contribution in [0.2, 0.25) is 0 Å². The number of rotatable bonds is 4. The van der Waals surface area contributed by atoms with E-state index in [1.807, 2.05) is 24.3 Å². The third-order valence-electron chi connectivity index (χ3n) is 3.51. The van der Waals surface area contributed by atoms with E-state index in [1.165, 1.54) is 29.8 Å². The van der Waals surface area contributed by atoms with E-state index in [0.29, 0.717) is 16.6 Å². The van der Waals surface area contributed by atoms with Gasteiger partial charge in [-0.2, -0.15) is 5.10 Å². The molecule has 0 aliphatic rings. The van der Waals surface area contributed by atoms with Crippen molar-refractivity contribution in [3.63, 3.8) is 0 Å². The van der Waals surface area contributed by atoms with E-state index in [2.05, 4.69) is 25.5 Å². The van der Waals surface area contributed by atoms with Crippen molar-refractivity contribution in [1.29, 1.82) is 0 Å². The summed E-state index contributed by atoms with van der Waals surface area (Å²) in [5.74, 6) is -0.583. The fraction of sp³-hybridized carbons (Fsp3) is 0. The van der Waals surface area contributed by atoms with Gasteiger partial charge in [-0.3, -0.25) is 5.10 Å². The minimum absolute atomic E-state index is 0.265. The highest BCUT2D eigenvalue weighted by atomic mass is 32.1. The van der Waals surface area contributed by atoms with Crippen LogP contribution in [0, 0.1) is 11.6 Å². The molecule has 2 aromatic carbocycles. The zero-order valence-corrected chi connectivity index (χ0v) is 13.5. The molecule has 0 aliphatic heterocycles. The number of anilines is 2. The van der Waals surface area contributed by atoms with Crippen LogP contribution in [0.4, 0.5) is 19.6 Å². The molecule has 4 aromatic rings. The predicted octanol–water partition coefficient (Wildman–Crippen LogP) is 4.62. The van der Waals surface area contributed by atoms with E-state index in [9.17, 15) is 8.78 Å². The van der Waals surface area contributed by atoms with E-state index in [0.717, 1.165) is 17.3 Å². The standard InChI is InChI=1S/C17H11F2N5S/c18-11-4-5-13(14(19)7-11)15-8-25-17(23-15)22-12-3-1-2-10(6-12)16-20-9-21-24-16/h1-9H,(H,22,23)(H,20,21,24). The summed E-state index contributed by atoms with van der Waals surface area (Å²) < 4.78 is 26.9. The molecule has 4 rings (SSSR count). The van der Waals surface area contributed by atoms with Gasteiger partial charge in [-0.15, -0.1) is 11.3 Å². The zero-order valence-electron chi connectivity index (χ0n) is 12.7. The summed E-state index contributed by atoms with van der Waals surface area (Å²) in [5, 5.41) is 12.1. The average Bonchev–Trinajstić information content (AvgIpc) is 3.27. The molecule has 0 bridgehead atoms. The summed E-state index contributed by atoms with van der Waals surface area (Å²) in [6.07, 6.45) is 1.44. The van der Waals surface area contributed by atoms with Crippen LogP contribution in [0.3, 0.4) is 0 Å². The number of halogens is 2. The van der Waals surface area contributed by atoms with Crippen molar-refractivity contribution in [1.82, 2.24) is 20.2 Å². The number of aromatic amines is 1. The van der Waals surface area contributed by atoms with Gasteiger partial charge in [0, 0.05) is 28.3 Å². The molecule has 2 N–H and O–H groups in total. The fourth-order valence-corrected chi connectivity index (χ4v) is 3.10. The molecule has 2 heterocycles. The molecular weight excluding hydrogens is 344 g/mol. The highest BCUT2D eigenvalue weighted by Gasteiger charge is 2.11.